The third-order valence-corrected chi connectivity index (χ3v) is 3.83. The molecule has 114 valence electrons. The summed E-state index contributed by atoms with van der Waals surface area (Å²) in [7, 11) is 0. The Labute approximate surface area is 132 Å². The zero-order valence-electron chi connectivity index (χ0n) is 11.7. The first-order valence-electron chi connectivity index (χ1n) is 6.81. The van der Waals surface area contributed by atoms with E-state index in [2.05, 4.69) is 0 Å². The topological polar surface area (TPSA) is 55.6 Å². The minimum Gasteiger partial charge on any atom is -0.489 e. The van der Waals surface area contributed by atoms with Crippen molar-refractivity contribution in [1.82, 2.24) is 0 Å². The Morgan fingerprint density at radius 1 is 1.36 bits per heavy atom. The van der Waals surface area contributed by atoms with Crippen LogP contribution >= 0.6 is 11.6 Å². The summed E-state index contributed by atoms with van der Waals surface area (Å²) in [5, 5.41) is -0.172. The van der Waals surface area contributed by atoms with Crippen molar-refractivity contribution < 1.29 is 13.9 Å². The molecule has 1 heterocycles. The highest BCUT2D eigenvalue weighted by molar-refractivity contribution is 6.31. The van der Waals surface area contributed by atoms with Crippen molar-refractivity contribution in [2.45, 2.75) is 6.54 Å². The van der Waals surface area contributed by atoms with Crippen LogP contribution < -0.4 is 15.4 Å². The average Bonchev–Trinajstić information content (AvgIpc) is 2.50. The Morgan fingerprint density at radius 2 is 2.09 bits per heavy atom. The molecule has 0 bridgehead atoms. The first-order valence-corrected chi connectivity index (χ1v) is 7.19. The standard InChI is InChI=1S/C16H14ClFN2O2/c17-11-8-12-15(13(14(11)18)16(19)21)20(6-7-22-12)9-10-4-2-1-3-5-10/h1-5,8H,6-7,9H2,(H2,19,21). The SMILES string of the molecule is NC(=O)c1c(F)c(Cl)cc2c1N(Cc1ccccc1)CCO2. The van der Waals surface area contributed by atoms with Crippen LogP contribution in [0.2, 0.25) is 5.02 Å². The number of hydrogen-bond donors (Lipinski definition) is 1. The largest absolute Gasteiger partial charge is 0.489 e. The molecule has 0 atom stereocenters. The maximum absolute atomic E-state index is 14.2. The first kappa shape index (κ1) is 14.7. The van der Waals surface area contributed by atoms with Crippen LogP contribution in [0.25, 0.3) is 0 Å². The molecule has 0 aliphatic carbocycles. The smallest absolute Gasteiger partial charge is 0.254 e. The number of nitrogens with two attached hydrogens (primary N) is 1. The summed E-state index contributed by atoms with van der Waals surface area (Å²) in [5.74, 6) is -1.29. The molecule has 0 radical (unpaired) electrons. The quantitative estimate of drug-likeness (QED) is 0.946. The highest BCUT2D eigenvalue weighted by Gasteiger charge is 2.29. The van der Waals surface area contributed by atoms with Crippen LogP contribution in [-0.2, 0) is 6.54 Å². The van der Waals surface area contributed by atoms with E-state index in [4.69, 9.17) is 22.1 Å². The summed E-state index contributed by atoms with van der Waals surface area (Å²) in [5.41, 5.74) is 6.53. The molecule has 6 heteroatoms. The summed E-state index contributed by atoms with van der Waals surface area (Å²) in [6.45, 7) is 1.49. The van der Waals surface area contributed by atoms with Crippen LogP contribution in [0, 0.1) is 5.82 Å². The number of benzene rings is 2. The van der Waals surface area contributed by atoms with Gasteiger partial charge >= 0.3 is 0 Å². The fourth-order valence-electron chi connectivity index (χ4n) is 2.58. The number of amides is 1. The zero-order valence-corrected chi connectivity index (χ0v) is 12.4. The van der Waals surface area contributed by atoms with E-state index >= 15 is 0 Å². The van der Waals surface area contributed by atoms with Gasteiger partial charge in [0.15, 0.2) is 5.82 Å². The molecule has 0 aromatic heterocycles. The van der Waals surface area contributed by atoms with Gasteiger partial charge < -0.3 is 15.4 Å². The van der Waals surface area contributed by atoms with Crippen LogP contribution in [0.15, 0.2) is 36.4 Å². The van der Waals surface area contributed by atoms with E-state index in [1.807, 2.05) is 35.2 Å². The third-order valence-electron chi connectivity index (χ3n) is 3.55. The molecule has 0 saturated heterocycles. The van der Waals surface area contributed by atoms with E-state index in [-0.39, 0.29) is 10.6 Å². The van der Waals surface area contributed by atoms with Gasteiger partial charge in [-0.25, -0.2) is 4.39 Å². The van der Waals surface area contributed by atoms with Crippen molar-refractivity contribution in [2.75, 3.05) is 18.1 Å². The highest BCUT2D eigenvalue weighted by atomic mass is 35.5. The van der Waals surface area contributed by atoms with E-state index < -0.39 is 11.7 Å². The molecule has 1 aliphatic heterocycles. The predicted octanol–water partition coefficient (Wildman–Crippen LogP) is 2.98. The van der Waals surface area contributed by atoms with Crippen molar-refractivity contribution in [3.8, 4) is 5.75 Å². The second kappa shape index (κ2) is 5.85. The van der Waals surface area contributed by atoms with Crippen LogP contribution in [0.5, 0.6) is 5.75 Å². The molecule has 2 aromatic rings. The first-order chi connectivity index (χ1) is 10.6. The number of hydrogen-bond acceptors (Lipinski definition) is 3. The van der Waals surface area contributed by atoms with Gasteiger partial charge in [-0.15, -0.1) is 0 Å². The maximum atomic E-state index is 14.2. The van der Waals surface area contributed by atoms with E-state index in [0.717, 1.165) is 5.56 Å². The van der Waals surface area contributed by atoms with Crippen molar-refractivity contribution in [1.29, 1.82) is 0 Å². The van der Waals surface area contributed by atoms with E-state index in [1.54, 1.807) is 0 Å². The number of primary amides is 1. The fourth-order valence-corrected chi connectivity index (χ4v) is 2.78. The van der Waals surface area contributed by atoms with Crippen molar-refractivity contribution in [3.63, 3.8) is 0 Å². The average molecular weight is 321 g/mol. The van der Waals surface area contributed by atoms with Gasteiger partial charge in [0.05, 0.1) is 17.3 Å². The normalized spacial score (nSPS) is 13.5. The van der Waals surface area contributed by atoms with Crippen LogP contribution in [0.1, 0.15) is 15.9 Å². The van der Waals surface area contributed by atoms with Gasteiger partial charge in [-0.1, -0.05) is 41.9 Å². The lowest BCUT2D eigenvalue weighted by atomic mass is 10.1. The minimum atomic E-state index is -0.861. The van der Waals surface area contributed by atoms with E-state index in [9.17, 15) is 9.18 Å². The summed E-state index contributed by atoms with van der Waals surface area (Å²) in [4.78, 5) is 13.6. The number of fused-ring (bicyclic) bond motifs is 1. The Bertz CT molecular complexity index is 722. The van der Waals surface area contributed by atoms with Gasteiger partial charge in [-0.2, -0.15) is 0 Å². The van der Waals surface area contributed by atoms with Gasteiger partial charge in [-0.05, 0) is 5.56 Å². The molecule has 1 amide bonds. The number of carbonyl (C=O) groups excluding carboxylic acids is 1. The van der Waals surface area contributed by atoms with Gasteiger partial charge in [0.25, 0.3) is 5.91 Å². The molecule has 22 heavy (non-hydrogen) atoms. The van der Waals surface area contributed by atoms with Gasteiger partial charge in [0.2, 0.25) is 0 Å². The van der Waals surface area contributed by atoms with Crippen LogP contribution in [0.3, 0.4) is 0 Å². The molecule has 3 rings (SSSR count). The van der Waals surface area contributed by atoms with E-state index in [0.29, 0.717) is 31.1 Å². The summed E-state index contributed by atoms with van der Waals surface area (Å²) >= 11 is 5.82. The molecule has 0 saturated carbocycles. The summed E-state index contributed by atoms with van der Waals surface area (Å²) < 4.78 is 19.8. The monoisotopic (exact) mass is 320 g/mol. The second-order valence-corrected chi connectivity index (χ2v) is 5.42. The van der Waals surface area contributed by atoms with Crippen molar-refractivity contribution in [2.24, 2.45) is 5.73 Å². The van der Waals surface area contributed by atoms with Gasteiger partial charge in [0, 0.05) is 12.6 Å². The Morgan fingerprint density at radius 3 is 2.77 bits per heavy atom. The number of rotatable bonds is 3. The third kappa shape index (κ3) is 2.60. The van der Waals surface area contributed by atoms with E-state index in [1.165, 1.54) is 6.07 Å². The number of carbonyl (C=O) groups is 1. The lowest BCUT2D eigenvalue weighted by Crippen LogP contribution is -2.35. The molecule has 2 aromatic carbocycles. The van der Waals surface area contributed by atoms with Crippen molar-refractivity contribution >= 4 is 23.2 Å². The Balaban J connectivity index is 2.08. The molecule has 4 nitrogen and oxygen atoms in total. The molecule has 1 aliphatic rings. The number of ether oxygens (including phenoxy) is 1. The molecule has 0 spiro atoms. The predicted molar refractivity (Wildman–Crippen MR) is 82.9 cm³/mol. The Kier molecular flexibility index (Phi) is 3.90. The minimum absolute atomic E-state index is 0.172. The summed E-state index contributed by atoms with van der Waals surface area (Å²) in [6.07, 6.45) is 0. The number of nitrogens with zero attached hydrogens (tertiary/aromatic N) is 1. The van der Waals surface area contributed by atoms with Gasteiger partial charge in [0.1, 0.15) is 17.9 Å². The van der Waals surface area contributed by atoms with Gasteiger partial charge in [-0.3, -0.25) is 4.79 Å². The number of halogens is 2. The lowest BCUT2D eigenvalue weighted by Gasteiger charge is -2.33. The zero-order chi connectivity index (χ0) is 15.7. The molecule has 2 N–H and O–H groups in total. The Hall–Kier alpha value is -2.27. The van der Waals surface area contributed by atoms with Crippen LogP contribution in [0.4, 0.5) is 10.1 Å². The molecular formula is C16H14ClFN2O2. The lowest BCUT2D eigenvalue weighted by molar-refractivity contribution is 0.0996. The fraction of sp³-hybridized carbons (Fsp3) is 0.188. The second-order valence-electron chi connectivity index (χ2n) is 5.01. The molecule has 0 fully saturated rings. The number of anilines is 1. The van der Waals surface area contributed by atoms with Crippen molar-refractivity contribution in [3.05, 3.63) is 58.4 Å². The molecule has 0 unspecified atom stereocenters. The molecular weight excluding hydrogens is 307 g/mol. The maximum Gasteiger partial charge on any atom is 0.254 e. The highest BCUT2D eigenvalue weighted by Crippen LogP contribution is 2.40. The summed E-state index contributed by atoms with van der Waals surface area (Å²) in [6, 6.07) is 11.1. The van der Waals surface area contributed by atoms with Crippen LogP contribution in [-0.4, -0.2) is 19.1 Å².